The van der Waals surface area contributed by atoms with Gasteiger partial charge >= 0.3 is 0 Å². The van der Waals surface area contributed by atoms with Gasteiger partial charge in [0, 0.05) is 6.42 Å². The van der Waals surface area contributed by atoms with Crippen molar-refractivity contribution < 1.29 is 39.8 Å². The smallest absolute Gasteiger partial charge is 0.220 e. The fourth-order valence-corrected chi connectivity index (χ4v) is 6.60. The second-order valence-electron chi connectivity index (χ2n) is 15.1. The van der Waals surface area contributed by atoms with Gasteiger partial charge in [0.1, 0.15) is 24.4 Å². The highest BCUT2D eigenvalue weighted by atomic mass is 16.7. The molecule has 1 aliphatic heterocycles. The van der Waals surface area contributed by atoms with Gasteiger partial charge in [0.25, 0.3) is 0 Å². The van der Waals surface area contributed by atoms with Gasteiger partial charge < -0.3 is 40.3 Å². The molecule has 7 unspecified atom stereocenters. The Morgan fingerprint density at radius 3 is 1.67 bits per heavy atom. The second kappa shape index (κ2) is 36.2. The first-order valence-electron chi connectivity index (χ1n) is 22.0. The number of nitrogens with one attached hydrogen (secondary N) is 1. The van der Waals surface area contributed by atoms with E-state index >= 15 is 0 Å². The van der Waals surface area contributed by atoms with E-state index in [1.165, 1.54) is 57.8 Å². The molecule has 1 amide bonds. The number of hydrogen-bond acceptors (Lipinski definition) is 8. The summed E-state index contributed by atoms with van der Waals surface area (Å²) in [5.41, 5.74) is 0. The van der Waals surface area contributed by atoms with Crippen LogP contribution in [-0.4, -0.2) is 87.5 Å². The number of amides is 1. The second-order valence-corrected chi connectivity index (χ2v) is 15.1. The van der Waals surface area contributed by atoms with Gasteiger partial charge in [-0.15, -0.1) is 0 Å². The minimum Gasteiger partial charge on any atom is -0.394 e. The van der Waals surface area contributed by atoms with Crippen LogP contribution in [-0.2, 0) is 14.3 Å². The molecule has 7 atom stereocenters. The van der Waals surface area contributed by atoms with Crippen molar-refractivity contribution in [1.29, 1.82) is 0 Å². The topological polar surface area (TPSA) is 149 Å². The van der Waals surface area contributed by atoms with Gasteiger partial charge in [-0.3, -0.25) is 4.79 Å². The highest BCUT2D eigenvalue weighted by Crippen LogP contribution is 2.23. The SMILES string of the molecule is CC/C=C\C/C=C\C/C=C\C/C=C\C/C=C\CCCCCCCCCC(=O)NC(COC1OC(CO)C(O)C(O)C1O)C(O)CCCCCCCCCCC. The molecule has 1 rings (SSSR count). The molecule has 0 aromatic heterocycles. The summed E-state index contributed by atoms with van der Waals surface area (Å²) in [5, 5.41) is 54.1. The average Bonchev–Trinajstić information content (AvgIpc) is 3.18. The van der Waals surface area contributed by atoms with E-state index in [2.05, 4.69) is 79.9 Å². The Kier molecular flexibility index (Phi) is 33.5. The number of carbonyl (C=O) groups is 1. The van der Waals surface area contributed by atoms with E-state index in [4.69, 9.17) is 9.47 Å². The summed E-state index contributed by atoms with van der Waals surface area (Å²) in [6.07, 6.45) is 39.5. The van der Waals surface area contributed by atoms with Crippen LogP contribution in [0.25, 0.3) is 0 Å². The summed E-state index contributed by atoms with van der Waals surface area (Å²) < 4.78 is 11.2. The molecule has 0 aromatic carbocycles. The molecule has 0 spiro atoms. The van der Waals surface area contributed by atoms with Gasteiger partial charge in [0.15, 0.2) is 6.29 Å². The fourth-order valence-electron chi connectivity index (χ4n) is 6.60. The molecule has 9 heteroatoms. The molecule has 9 nitrogen and oxygen atoms in total. The van der Waals surface area contributed by atoms with Gasteiger partial charge in [-0.2, -0.15) is 0 Å². The zero-order valence-electron chi connectivity index (χ0n) is 34.7. The first-order chi connectivity index (χ1) is 26.8. The molecule has 0 aromatic rings. The molecule has 1 aliphatic rings. The third kappa shape index (κ3) is 27.2. The first-order valence-corrected chi connectivity index (χ1v) is 22.0. The first kappa shape index (κ1) is 50.9. The van der Waals surface area contributed by atoms with E-state index in [1.54, 1.807) is 0 Å². The predicted octanol–water partition coefficient (Wildman–Crippen LogP) is 8.83. The maximum Gasteiger partial charge on any atom is 0.220 e. The zero-order valence-corrected chi connectivity index (χ0v) is 34.7. The van der Waals surface area contributed by atoms with Crippen LogP contribution >= 0.6 is 0 Å². The number of aliphatic hydroxyl groups excluding tert-OH is 5. The van der Waals surface area contributed by atoms with Crippen LogP contribution < -0.4 is 5.32 Å². The van der Waals surface area contributed by atoms with Crippen molar-refractivity contribution >= 4 is 5.91 Å². The molecule has 1 fully saturated rings. The van der Waals surface area contributed by atoms with E-state index < -0.39 is 49.5 Å². The molecule has 6 N–H and O–H groups in total. The molecule has 0 aliphatic carbocycles. The molecule has 318 valence electrons. The third-order valence-corrected chi connectivity index (χ3v) is 10.1. The lowest BCUT2D eigenvalue weighted by molar-refractivity contribution is -0.302. The van der Waals surface area contributed by atoms with Crippen molar-refractivity contribution in [1.82, 2.24) is 5.32 Å². The standard InChI is InChI=1S/C46H81NO8/c1-3-5-7-9-11-13-14-15-16-17-18-19-20-21-22-23-24-25-26-28-30-32-34-36-42(50)47-39(40(49)35-33-31-29-27-12-10-8-6-4-2)38-54-46-45(53)44(52)43(51)41(37-48)55-46/h5,7,11,13,15-16,18-19,21-22,39-41,43-46,48-49,51-53H,3-4,6,8-10,12,14,17,20,23-38H2,1-2H3,(H,47,50)/b7-5-,13-11-,16-15-,19-18-,22-21-. The normalized spacial score (nSPS) is 21.9. The Hall–Kier alpha value is -2.11. The van der Waals surface area contributed by atoms with Crippen LogP contribution in [0.4, 0.5) is 0 Å². The summed E-state index contributed by atoms with van der Waals surface area (Å²) >= 11 is 0. The average molecular weight is 776 g/mol. The number of ether oxygens (including phenoxy) is 2. The Bertz CT molecular complexity index is 1040. The van der Waals surface area contributed by atoms with Gasteiger partial charge in [0.2, 0.25) is 5.91 Å². The van der Waals surface area contributed by atoms with Gasteiger partial charge in [0.05, 0.1) is 25.4 Å². The number of aliphatic hydroxyl groups is 5. The Labute approximate surface area is 335 Å². The van der Waals surface area contributed by atoms with Crippen molar-refractivity contribution in [2.75, 3.05) is 13.2 Å². The van der Waals surface area contributed by atoms with Gasteiger partial charge in [-0.25, -0.2) is 0 Å². The number of unbranched alkanes of at least 4 members (excludes halogenated alkanes) is 15. The van der Waals surface area contributed by atoms with E-state index in [9.17, 15) is 30.3 Å². The largest absolute Gasteiger partial charge is 0.394 e. The summed E-state index contributed by atoms with van der Waals surface area (Å²) in [4.78, 5) is 12.9. The Morgan fingerprint density at radius 2 is 1.13 bits per heavy atom. The molecule has 1 saturated heterocycles. The summed E-state index contributed by atoms with van der Waals surface area (Å²) in [6, 6.07) is -0.725. The molecular weight excluding hydrogens is 695 g/mol. The van der Waals surface area contributed by atoms with Crippen LogP contribution in [0.5, 0.6) is 0 Å². The van der Waals surface area contributed by atoms with Crippen molar-refractivity contribution in [2.24, 2.45) is 0 Å². The summed E-state index contributed by atoms with van der Waals surface area (Å²) in [6.45, 7) is 3.66. The van der Waals surface area contributed by atoms with Crippen LogP contribution in [0.1, 0.15) is 168 Å². The van der Waals surface area contributed by atoms with Crippen molar-refractivity contribution in [3.8, 4) is 0 Å². The predicted molar refractivity (Wildman–Crippen MR) is 226 cm³/mol. The Balaban J connectivity index is 2.29. The minimum absolute atomic E-state index is 0.146. The van der Waals surface area contributed by atoms with Crippen LogP contribution in [0.2, 0.25) is 0 Å². The molecule has 55 heavy (non-hydrogen) atoms. The molecule has 1 heterocycles. The number of allylic oxidation sites excluding steroid dienone is 10. The molecule has 0 saturated carbocycles. The quantitative estimate of drug-likeness (QED) is 0.0277. The van der Waals surface area contributed by atoms with Crippen LogP contribution in [0.15, 0.2) is 60.8 Å². The Morgan fingerprint density at radius 1 is 0.636 bits per heavy atom. The van der Waals surface area contributed by atoms with E-state index in [-0.39, 0.29) is 12.5 Å². The zero-order chi connectivity index (χ0) is 40.2. The maximum atomic E-state index is 12.9. The lowest BCUT2D eigenvalue weighted by Gasteiger charge is -2.40. The van der Waals surface area contributed by atoms with Gasteiger partial charge in [-0.05, 0) is 57.8 Å². The third-order valence-electron chi connectivity index (χ3n) is 10.1. The number of rotatable bonds is 35. The minimum atomic E-state index is -1.56. The lowest BCUT2D eigenvalue weighted by atomic mass is 9.99. The van der Waals surface area contributed by atoms with Crippen LogP contribution in [0.3, 0.4) is 0 Å². The van der Waals surface area contributed by atoms with E-state index in [1.807, 2.05) is 0 Å². The highest BCUT2D eigenvalue weighted by Gasteiger charge is 2.44. The number of hydrogen-bond donors (Lipinski definition) is 6. The fraction of sp³-hybridized carbons (Fsp3) is 0.761. The van der Waals surface area contributed by atoms with Crippen molar-refractivity contribution in [2.45, 2.75) is 211 Å². The molecular formula is C46H81NO8. The molecule has 0 radical (unpaired) electrons. The van der Waals surface area contributed by atoms with Gasteiger partial charge in [-0.1, -0.05) is 164 Å². The lowest BCUT2D eigenvalue weighted by Crippen LogP contribution is -2.60. The maximum absolute atomic E-state index is 12.9. The van der Waals surface area contributed by atoms with E-state index in [0.717, 1.165) is 83.5 Å². The van der Waals surface area contributed by atoms with Crippen molar-refractivity contribution in [3.63, 3.8) is 0 Å². The van der Waals surface area contributed by atoms with Crippen molar-refractivity contribution in [3.05, 3.63) is 60.8 Å². The number of carbonyl (C=O) groups excluding carboxylic acids is 1. The summed E-state index contributed by atoms with van der Waals surface area (Å²) in [5.74, 6) is -0.161. The molecule has 0 bridgehead atoms. The highest BCUT2D eigenvalue weighted by molar-refractivity contribution is 5.76. The monoisotopic (exact) mass is 776 g/mol. The summed E-state index contributed by atoms with van der Waals surface area (Å²) in [7, 11) is 0. The van der Waals surface area contributed by atoms with Crippen LogP contribution in [0, 0.1) is 0 Å². The van der Waals surface area contributed by atoms with E-state index in [0.29, 0.717) is 12.8 Å².